The molecule has 0 bridgehead atoms. The van der Waals surface area contributed by atoms with Crippen LogP contribution in [-0.2, 0) is 11.3 Å². The molecule has 2 atom stereocenters. The summed E-state index contributed by atoms with van der Waals surface area (Å²) in [7, 11) is 0. The average molecular weight is 459 g/mol. The number of aliphatic imine (C=N–C) groups is 1. The van der Waals surface area contributed by atoms with Crippen molar-refractivity contribution in [2.75, 3.05) is 31.1 Å². The van der Waals surface area contributed by atoms with Crippen LogP contribution in [0.1, 0.15) is 38.7 Å². The monoisotopic (exact) mass is 459 g/mol. The molecule has 1 aromatic heterocycles. The van der Waals surface area contributed by atoms with E-state index in [0.717, 1.165) is 37.6 Å². The lowest BCUT2D eigenvalue weighted by molar-refractivity contribution is -0.00545. The number of likely N-dealkylation sites (tertiary alicyclic amines) is 1. The van der Waals surface area contributed by atoms with E-state index in [0.29, 0.717) is 12.5 Å². The van der Waals surface area contributed by atoms with Crippen molar-refractivity contribution < 1.29 is 4.74 Å². The van der Waals surface area contributed by atoms with Crippen LogP contribution in [0.2, 0.25) is 0 Å². The van der Waals surface area contributed by atoms with Crippen LogP contribution in [0.15, 0.2) is 23.3 Å². The van der Waals surface area contributed by atoms with E-state index in [4.69, 9.17) is 10.5 Å². The molecule has 2 fully saturated rings. The molecule has 2 aliphatic heterocycles. The minimum Gasteiger partial charge on any atom is -0.372 e. The maximum Gasteiger partial charge on any atom is 0.191 e. The number of rotatable bonds is 3. The number of nitrogens with two attached hydrogens (primary N) is 1. The number of morpholine rings is 1. The number of aromatic nitrogens is 1. The highest BCUT2D eigenvalue weighted by molar-refractivity contribution is 14.0. The number of pyridine rings is 1. The van der Waals surface area contributed by atoms with Gasteiger partial charge in [-0.1, -0.05) is 6.07 Å². The van der Waals surface area contributed by atoms with Gasteiger partial charge in [0.1, 0.15) is 5.82 Å². The highest BCUT2D eigenvalue weighted by Gasteiger charge is 2.22. The first-order chi connectivity index (χ1) is 11.6. The van der Waals surface area contributed by atoms with Crippen LogP contribution in [-0.4, -0.2) is 54.2 Å². The molecule has 7 heteroatoms. The van der Waals surface area contributed by atoms with Gasteiger partial charge in [-0.3, -0.25) is 0 Å². The number of anilines is 1. The van der Waals surface area contributed by atoms with Gasteiger partial charge in [-0.25, -0.2) is 9.98 Å². The summed E-state index contributed by atoms with van der Waals surface area (Å²) in [6.45, 7) is 8.63. The van der Waals surface area contributed by atoms with E-state index < -0.39 is 0 Å². The summed E-state index contributed by atoms with van der Waals surface area (Å²) in [5.41, 5.74) is 7.20. The number of hydrogen-bond acceptors (Lipinski definition) is 4. The summed E-state index contributed by atoms with van der Waals surface area (Å²) in [5, 5.41) is 0. The molecule has 0 aromatic carbocycles. The van der Waals surface area contributed by atoms with Gasteiger partial charge in [0.15, 0.2) is 5.96 Å². The number of piperidine rings is 1. The summed E-state index contributed by atoms with van der Waals surface area (Å²) < 4.78 is 5.78. The summed E-state index contributed by atoms with van der Waals surface area (Å²) >= 11 is 0. The van der Waals surface area contributed by atoms with Crippen molar-refractivity contribution in [2.45, 2.75) is 51.9 Å². The zero-order valence-corrected chi connectivity index (χ0v) is 17.6. The minimum atomic E-state index is 0. The molecular weight excluding hydrogens is 429 g/mol. The molecule has 3 heterocycles. The highest BCUT2D eigenvalue weighted by Crippen LogP contribution is 2.18. The van der Waals surface area contributed by atoms with Crippen LogP contribution in [0.25, 0.3) is 0 Å². The molecule has 2 unspecified atom stereocenters. The lowest BCUT2D eigenvalue weighted by Gasteiger charge is -2.36. The lowest BCUT2D eigenvalue weighted by Crippen LogP contribution is -2.45. The molecule has 0 saturated carbocycles. The quantitative estimate of drug-likeness (QED) is 0.428. The van der Waals surface area contributed by atoms with Gasteiger partial charge < -0.3 is 20.3 Å². The van der Waals surface area contributed by atoms with Gasteiger partial charge in [-0.15, -0.1) is 24.0 Å². The van der Waals surface area contributed by atoms with Crippen LogP contribution >= 0.6 is 24.0 Å². The summed E-state index contributed by atoms with van der Waals surface area (Å²) in [4.78, 5) is 13.6. The number of guanidine groups is 1. The molecule has 0 aliphatic carbocycles. The third kappa shape index (κ3) is 5.70. The fourth-order valence-corrected chi connectivity index (χ4v) is 3.46. The summed E-state index contributed by atoms with van der Waals surface area (Å²) in [5.74, 6) is 1.67. The summed E-state index contributed by atoms with van der Waals surface area (Å²) in [6, 6.07) is 4.17. The Morgan fingerprint density at radius 2 is 1.88 bits per heavy atom. The van der Waals surface area contributed by atoms with E-state index in [1.165, 1.54) is 19.3 Å². The molecular formula is C18H30IN5O. The van der Waals surface area contributed by atoms with Crippen LogP contribution in [0, 0.1) is 0 Å². The Bertz CT molecular complexity index is 549. The van der Waals surface area contributed by atoms with Crippen molar-refractivity contribution in [2.24, 2.45) is 10.7 Å². The Labute approximate surface area is 167 Å². The van der Waals surface area contributed by atoms with Crippen LogP contribution in [0.4, 0.5) is 5.82 Å². The number of nitrogens with zero attached hydrogens (tertiary/aromatic N) is 4. The fourth-order valence-electron chi connectivity index (χ4n) is 3.46. The largest absolute Gasteiger partial charge is 0.372 e. The Kier molecular flexibility index (Phi) is 7.74. The number of halogens is 1. The second-order valence-corrected chi connectivity index (χ2v) is 6.91. The van der Waals surface area contributed by atoms with Crippen molar-refractivity contribution in [1.82, 2.24) is 9.88 Å². The molecule has 2 saturated heterocycles. The van der Waals surface area contributed by atoms with Crippen LogP contribution in [0.3, 0.4) is 0 Å². The maximum absolute atomic E-state index is 6.11. The first kappa shape index (κ1) is 20.2. The zero-order chi connectivity index (χ0) is 16.9. The normalized spacial score (nSPS) is 24.8. The van der Waals surface area contributed by atoms with E-state index in [1.807, 2.05) is 6.20 Å². The van der Waals surface area contributed by atoms with Crippen molar-refractivity contribution in [3.63, 3.8) is 0 Å². The Balaban J connectivity index is 0.00000225. The second-order valence-electron chi connectivity index (χ2n) is 6.91. The molecule has 0 spiro atoms. The van der Waals surface area contributed by atoms with Gasteiger partial charge in [0.05, 0.1) is 18.8 Å². The van der Waals surface area contributed by atoms with Crippen molar-refractivity contribution in [3.8, 4) is 0 Å². The molecule has 2 N–H and O–H groups in total. The molecule has 0 amide bonds. The van der Waals surface area contributed by atoms with E-state index in [9.17, 15) is 0 Å². The fraction of sp³-hybridized carbons (Fsp3) is 0.667. The lowest BCUT2D eigenvalue weighted by atomic mass is 10.1. The molecule has 3 rings (SSSR count). The van der Waals surface area contributed by atoms with E-state index in [1.54, 1.807) is 0 Å². The van der Waals surface area contributed by atoms with Crippen molar-refractivity contribution in [1.29, 1.82) is 0 Å². The van der Waals surface area contributed by atoms with Gasteiger partial charge in [0, 0.05) is 32.4 Å². The third-order valence-electron chi connectivity index (χ3n) is 4.66. The van der Waals surface area contributed by atoms with Crippen molar-refractivity contribution in [3.05, 3.63) is 23.9 Å². The molecule has 0 radical (unpaired) electrons. The molecule has 6 nitrogen and oxygen atoms in total. The first-order valence-electron chi connectivity index (χ1n) is 9.02. The topological polar surface area (TPSA) is 67.0 Å². The Morgan fingerprint density at radius 1 is 1.20 bits per heavy atom. The van der Waals surface area contributed by atoms with E-state index in [2.05, 4.69) is 45.8 Å². The summed E-state index contributed by atoms with van der Waals surface area (Å²) in [6.07, 6.45) is 6.11. The zero-order valence-electron chi connectivity index (χ0n) is 15.2. The van der Waals surface area contributed by atoms with Gasteiger partial charge in [0.25, 0.3) is 0 Å². The third-order valence-corrected chi connectivity index (χ3v) is 4.66. The van der Waals surface area contributed by atoms with E-state index >= 15 is 0 Å². The standard InChI is InChI=1S/C18H29N5O.HI/c1-14-12-23(13-15(2)24-14)17-7-6-16(10-20-17)11-21-18(19)22-8-4-3-5-9-22;/h6-7,10,14-15H,3-5,8-9,11-13H2,1-2H3,(H2,19,21);1H. The Morgan fingerprint density at radius 3 is 2.48 bits per heavy atom. The SMILES string of the molecule is CC1CN(c2ccc(CN=C(N)N3CCCCC3)cn2)CC(C)O1.I. The minimum absolute atomic E-state index is 0. The van der Waals surface area contributed by atoms with Crippen LogP contribution in [0.5, 0.6) is 0 Å². The number of hydrogen-bond donors (Lipinski definition) is 1. The first-order valence-corrected chi connectivity index (χ1v) is 9.02. The predicted octanol–water partition coefficient (Wildman–Crippen LogP) is 2.61. The highest BCUT2D eigenvalue weighted by atomic mass is 127. The maximum atomic E-state index is 6.11. The van der Waals surface area contributed by atoms with Crippen LogP contribution < -0.4 is 10.6 Å². The molecule has 140 valence electrons. The van der Waals surface area contributed by atoms with Gasteiger partial charge >= 0.3 is 0 Å². The molecule has 2 aliphatic rings. The van der Waals surface area contributed by atoms with Crippen molar-refractivity contribution >= 4 is 35.8 Å². The van der Waals surface area contributed by atoms with Gasteiger partial charge in [-0.05, 0) is 44.7 Å². The molecule has 1 aromatic rings. The number of ether oxygens (including phenoxy) is 1. The molecule has 25 heavy (non-hydrogen) atoms. The Hall–Kier alpha value is -1.09. The second kappa shape index (κ2) is 9.56. The van der Waals surface area contributed by atoms with E-state index in [-0.39, 0.29) is 36.2 Å². The van der Waals surface area contributed by atoms with Gasteiger partial charge in [-0.2, -0.15) is 0 Å². The van der Waals surface area contributed by atoms with Gasteiger partial charge in [0.2, 0.25) is 0 Å². The average Bonchev–Trinajstić information content (AvgIpc) is 2.60. The smallest absolute Gasteiger partial charge is 0.191 e. The predicted molar refractivity (Wildman–Crippen MR) is 113 cm³/mol.